The van der Waals surface area contributed by atoms with E-state index in [0.29, 0.717) is 13.1 Å². The molecule has 1 aliphatic heterocycles. The van der Waals surface area contributed by atoms with Crippen LogP contribution < -0.4 is 10.2 Å². The number of nitrogens with one attached hydrogen (secondary N) is 1. The Hall–Kier alpha value is -1.18. The summed E-state index contributed by atoms with van der Waals surface area (Å²) in [6.07, 6.45) is 6.06. The van der Waals surface area contributed by atoms with Crippen molar-refractivity contribution in [2.45, 2.75) is 19.9 Å². The maximum absolute atomic E-state index is 11.6. The second-order valence-electron chi connectivity index (χ2n) is 5.33. The Morgan fingerprint density at radius 1 is 1.29 bits per heavy atom. The standard InChI is InChI=1S/C14H24N4O2S/c1-3-5-15-11-13-12-16-6-4-14(13)17-7-9-18(10-8-17)21(2,19)20/h4,6,12,15H,3,5,7-11H2,1-2H3. The molecule has 2 rings (SSSR count). The summed E-state index contributed by atoms with van der Waals surface area (Å²) in [5, 5.41) is 3.39. The van der Waals surface area contributed by atoms with Crippen molar-refractivity contribution in [2.24, 2.45) is 0 Å². The number of aromatic nitrogens is 1. The van der Waals surface area contributed by atoms with Crippen molar-refractivity contribution in [2.75, 3.05) is 43.9 Å². The molecule has 6 nitrogen and oxygen atoms in total. The molecule has 118 valence electrons. The summed E-state index contributed by atoms with van der Waals surface area (Å²) in [6.45, 7) is 6.45. The Morgan fingerprint density at radius 2 is 2.00 bits per heavy atom. The number of pyridine rings is 1. The second kappa shape index (κ2) is 7.20. The van der Waals surface area contributed by atoms with Gasteiger partial charge < -0.3 is 10.2 Å². The number of hydrogen-bond donors (Lipinski definition) is 1. The first-order valence-electron chi connectivity index (χ1n) is 7.36. The van der Waals surface area contributed by atoms with Crippen molar-refractivity contribution in [3.8, 4) is 0 Å². The molecule has 21 heavy (non-hydrogen) atoms. The zero-order valence-corrected chi connectivity index (χ0v) is 13.6. The van der Waals surface area contributed by atoms with Crippen molar-refractivity contribution in [1.29, 1.82) is 0 Å². The van der Waals surface area contributed by atoms with Crippen LogP contribution in [0, 0.1) is 0 Å². The van der Waals surface area contributed by atoms with Crippen LogP contribution in [0.2, 0.25) is 0 Å². The Morgan fingerprint density at radius 3 is 2.62 bits per heavy atom. The first kappa shape index (κ1) is 16.2. The molecule has 0 bridgehead atoms. The lowest BCUT2D eigenvalue weighted by molar-refractivity contribution is 0.387. The zero-order valence-electron chi connectivity index (χ0n) is 12.7. The van der Waals surface area contributed by atoms with Crippen LogP contribution in [0.1, 0.15) is 18.9 Å². The van der Waals surface area contributed by atoms with Crippen LogP contribution in [0.3, 0.4) is 0 Å². The van der Waals surface area contributed by atoms with Gasteiger partial charge in [0.05, 0.1) is 6.26 Å². The maximum atomic E-state index is 11.6. The molecular weight excluding hydrogens is 288 g/mol. The smallest absolute Gasteiger partial charge is 0.211 e. The molecule has 0 aliphatic carbocycles. The van der Waals surface area contributed by atoms with E-state index in [-0.39, 0.29) is 0 Å². The lowest BCUT2D eigenvalue weighted by Gasteiger charge is -2.35. The maximum Gasteiger partial charge on any atom is 0.211 e. The van der Waals surface area contributed by atoms with Gasteiger partial charge in [0.1, 0.15) is 0 Å². The molecule has 0 saturated carbocycles. The molecule has 1 saturated heterocycles. The van der Waals surface area contributed by atoms with Gasteiger partial charge in [-0.25, -0.2) is 8.42 Å². The number of piperazine rings is 1. The third-order valence-corrected chi connectivity index (χ3v) is 4.97. The van der Waals surface area contributed by atoms with Gasteiger partial charge in [-0.15, -0.1) is 0 Å². The molecule has 1 aromatic heterocycles. The van der Waals surface area contributed by atoms with Crippen molar-refractivity contribution in [1.82, 2.24) is 14.6 Å². The molecule has 0 spiro atoms. The average molecular weight is 312 g/mol. The van der Waals surface area contributed by atoms with E-state index in [9.17, 15) is 8.42 Å². The number of hydrogen-bond acceptors (Lipinski definition) is 5. The van der Waals surface area contributed by atoms with Gasteiger partial charge in [0.15, 0.2) is 0 Å². The Kier molecular flexibility index (Phi) is 5.55. The van der Waals surface area contributed by atoms with Gasteiger partial charge in [0.2, 0.25) is 10.0 Å². The van der Waals surface area contributed by atoms with Crippen LogP contribution in [-0.2, 0) is 16.6 Å². The van der Waals surface area contributed by atoms with Gasteiger partial charge in [0, 0.05) is 56.4 Å². The van der Waals surface area contributed by atoms with Gasteiger partial charge in [0.25, 0.3) is 0 Å². The fraction of sp³-hybridized carbons (Fsp3) is 0.643. The minimum Gasteiger partial charge on any atom is -0.369 e. The third-order valence-electron chi connectivity index (χ3n) is 3.67. The van der Waals surface area contributed by atoms with Crippen molar-refractivity contribution < 1.29 is 8.42 Å². The normalized spacial score (nSPS) is 17.1. The zero-order chi connectivity index (χ0) is 15.3. The summed E-state index contributed by atoms with van der Waals surface area (Å²) < 4.78 is 24.7. The van der Waals surface area contributed by atoms with Gasteiger partial charge >= 0.3 is 0 Å². The molecule has 1 fully saturated rings. The first-order chi connectivity index (χ1) is 10.0. The summed E-state index contributed by atoms with van der Waals surface area (Å²) in [5.74, 6) is 0. The van der Waals surface area contributed by atoms with E-state index in [2.05, 4.69) is 22.1 Å². The van der Waals surface area contributed by atoms with Crippen LogP contribution in [0.25, 0.3) is 0 Å². The predicted octanol–water partition coefficient (Wildman–Crippen LogP) is 0.663. The van der Waals surface area contributed by atoms with Crippen LogP contribution in [0.5, 0.6) is 0 Å². The molecule has 0 atom stereocenters. The van der Waals surface area contributed by atoms with Crippen LogP contribution in [0.4, 0.5) is 5.69 Å². The largest absolute Gasteiger partial charge is 0.369 e. The summed E-state index contributed by atoms with van der Waals surface area (Å²) in [7, 11) is -3.08. The van der Waals surface area contributed by atoms with Crippen molar-refractivity contribution in [3.63, 3.8) is 0 Å². The highest BCUT2D eigenvalue weighted by molar-refractivity contribution is 7.88. The molecule has 0 radical (unpaired) electrons. The van der Waals surface area contributed by atoms with Crippen LogP contribution in [-0.4, -0.2) is 56.7 Å². The number of sulfonamides is 1. The lowest BCUT2D eigenvalue weighted by atomic mass is 10.2. The van der Waals surface area contributed by atoms with Crippen molar-refractivity contribution >= 4 is 15.7 Å². The SMILES string of the molecule is CCCNCc1cnccc1N1CCN(S(C)(=O)=O)CC1. The minimum absolute atomic E-state index is 0.545. The molecule has 1 N–H and O–H groups in total. The average Bonchev–Trinajstić information content (AvgIpc) is 2.47. The Balaban J connectivity index is 2.03. The van der Waals surface area contributed by atoms with Crippen molar-refractivity contribution in [3.05, 3.63) is 24.0 Å². The Labute approximate surface area is 127 Å². The topological polar surface area (TPSA) is 65.5 Å². The molecule has 2 heterocycles. The van der Waals surface area contributed by atoms with Gasteiger partial charge in [-0.05, 0) is 19.0 Å². The number of rotatable bonds is 6. The van der Waals surface area contributed by atoms with Crippen LogP contribution >= 0.6 is 0 Å². The molecular formula is C14H24N4O2S. The lowest BCUT2D eigenvalue weighted by Crippen LogP contribution is -2.48. The fourth-order valence-electron chi connectivity index (χ4n) is 2.52. The fourth-order valence-corrected chi connectivity index (χ4v) is 3.35. The predicted molar refractivity (Wildman–Crippen MR) is 84.9 cm³/mol. The monoisotopic (exact) mass is 312 g/mol. The third kappa shape index (κ3) is 4.39. The summed E-state index contributed by atoms with van der Waals surface area (Å²) in [6, 6.07) is 2.01. The summed E-state index contributed by atoms with van der Waals surface area (Å²) in [4.78, 5) is 6.44. The van der Waals surface area contributed by atoms with E-state index in [1.54, 1.807) is 10.5 Å². The second-order valence-corrected chi connectivity index (χ2v) is 7.31. The van der Waals surface area contributed by atoms with Gasteiger partial charge in [-0.2, -0.15) is 4.31 Å². The Bertz CT molecular complexity index is 554. The van der Waals surface area contributed by atoms with E-state index in [0.717, 1.165) is 38.3 Å². The first-order valence-corrected chi connectivity index (χ1v) is 9.21. The minimum atomic E-state index is -3.08. The van der Waals surface area contributed by atoms with Gasteiger partial charge in [-0.1, -0.05) is 6.92 Å². The molecule has 7 heteroatoms. The van der Waals surface area contributed by atoms with Crippen LogP contribution in [0.15, 0.2) is 18.5 Å². The molecule has 1 aliphatic rings. The molecule has 0 amide bonds. The molecule has 0 unspecified atom stereocenters. The van der Waals surface area contributed by atoms with E-state index in [4.69, 9.17) is 0 Å². The summed E-state index contributed by atoms with van der Waals surface area (Å²) in [5.41, 5.74) is 2.32. The highest BCUT2D eigenvalue weighted by Gasteiger charge is 2.24. The number of anilines is 1. The highest BCUT2D eigenvalue weighted by Crippen LogP contribution is 2.21. The highest BCUT2D eigenvalue weighted by atomic mass is 32.2. The van der Waals surface area contributed by atoms with E-state index >= 15 is 0 Å². The quantitative estimate of drug-likeness (QED) is 0.782. The van der Waals surface area contributed by atoms with E-state index in [1.165, 1.54) is 11.8 Å². The van der Waals surface area contributed by atoms with Gasteiger partial charge in [-0.3, -0.25) is 4.98 Å². The number of nitrogens with zero attached hydrogens (tertiary/aromatic N) is 3. The van der Waals surface area contributed by atoms with E-state index in [1.807, 2.05) is 12.3 Å². The van der Waals surface area contributed by atoms with E-state index < -0.39 is 10.0 Å². The molecule has 1 aromatic rings. The molecule has 0 aromatic carbocycles. The summed E-state index contributed by atoms with van der Waals surface area (Å²) >= 11 is 0.